The molecule has 0 fully saturated rings. The molecule has 0 aliphatic heterocycles. The number of carbonyl (C=O) groups excluding carboxylic acids is 3. The van der Waals surface area contributed by atoms with E-state index in [0.29, 0.717) is 16.6 Å². The summed E-state index contributed by atoms with van der Waals surface area (Å²) in [7, 11) is 0. The van der Waals surface area contributed by atoms with Crippen molar-refractivity contribution >= 4 is 44.7 Å². The Hall–Kier alpha value is -3.26. The summed E-state index contributed by atoms with van der Waals surface area (Å²) < 4.78 is 6.00. The van der Waals surface area contributed by atoms with E-state index in [1.807, 2.05) is 41.7 Å². The fourth-order valence-corrected chi connectivity index (χ4v) is 2.99. The summed E-state index contributed by atoms with van der Waals surface area (Å²) >= 11 is 3.38. The molecule has 142 valence electrons. The molecular weight excluding hydrogens is 426 g/mol. The van der Waals surface area contributed by atoms with Crippen LogP contribution in [0, 0.1) is 0 Å². The first-order valence-electron chi connectivity index (χ1n) is 8.32. The number of hydrogen-bond donors (Lipinski definition) is 2. The summed E-state index contributed by atoms with van der Waals surface area (Å²) in [5.74, 6) is -1.52. The molecule has 3 aromatic rings. The minimum absolute atomic E-state index is 0.254. The number of esters is 1. The molecule has 3 rings (SSSR count). The number of nitrogens with one attached hydrogen (secondary N) is 1. The van der Waals surface area contributed by atoms with Crippen molar-refractivity contribution in [1.82, 2.24) is 10.3 Å². The van der Waals surface area contributed by atoms with Crippen LogP contribution in [0.1, 0.15) is 17.3 Å². The van der Waals surface area contributed by atoms with Crippen molar-refractivity contribution in [2.45, 2.75) is 13.0 Å². The zero-order valence-electron chi connectivity index (χ0n) is 14.8. The second-order valence-electron chi connectivity index (χ2n) is 5.98. The highest BCUT2D eigenvalue weighted by Gasteiger charge is 2.22. The third-order valence-corrected chi connectivity index (χ3v) is 4.45. The van der Waals surface area contributed by atoms with E-state index < -0.39 is 24.0 Å². The van der Waals surface area contributed by atoms with Gasteiger partial charge in [0.2, 0.25) is 0 Å². The van der Waals surface area contributed by atoms with E-state index >= 15 is 0 Å². The van der Waals surface area contributed by atoms with Gasteiger partial charge in [-0.3, -0.25) is 10.1 Å². The van der Waals surface area contributed by atoms with Crippen molar-refractivity contribution in [1.29, 1.82) is 0 Å². The average molecular weight is 442 g/mol. The summed E-state index contributed by atoms with van der Waals surface area (Å²) in [5.41, 5.74) is 7.21. The highest BCUT2D eigenvalue weighted by Crippen LogP contribution is 2.28. The topological polar surface area (TPSA) is 111 Å². The van der Waals surface area contributed by atoms with Crippen molar-refractivity contribution < 1.29 is 19.1 Å². The lowest BCUT2D eigenvalue weighted by molar-refractivity contribution is -0.127. The minimum Gasteiger partial charge on any atom is -0.449 e. The quantitative estimate of drug-likeness (QED) is 0.602. The number of aromatic nitrogens is 1. The number of pyridine rings is 1. The Bertz CT molecular complexity index is 1070. The number of nitrogens with two attached hydrogens (primary N) is 1. The summed E-state index contributed by atoms with van der Waals surface area (Å²) in [6.45, 7) is 1.35. The molecule has 3 N–H and O–H groups in total. The van der Waals surface area contributed by atoms with Crippen LogP contribution in [0.4, 0.5) is 4.79 Å². The lowest BCUT2D eigenvalue weighted by atomic mass is 10.0. The van der Waals surface area contributed by atoms with E-state index in [0.717, 1.165) is 10.0 Å². The predicted molar refractivity (Wildman–Crippen MR) is 107 cm³/mol. The van der Waals surface area contributed by atoms with Crippen LogP contribution in [0.5, 0.6) is 0 Å². The number of primary amides is 1. The molecule has 0 aliphatic carbocycles. The van der Waals surface area contributed by atoms with Crippen molar-refractivity contribution in [2.75, 3.05) is 0 Å². The van der Waals surface area contributed by atoms with E-state index in [4.69, 9.17) is 10.5 Å². The molecule has 1 atom stereocenters. The second kappa shape index (κ2) is 8.18. The van der Waals surface area contributed by atoms with Crippen molar-refractivity contribution in [3.05, 3.63) is 64.6 Å². The summed E-state index contributed by atoms with van der Waals surface area (Å²) in [6, 6.07) is 15.3. The number of hydrogen-bond acceptors (Lipinski definition) is 5. The predicted octanol–water partition coefficient (Wildman–Crippen LogP) is 3.40. The van der Waals surface area contributed by atoms with E-state index in [-0.39, 0.29) is 5.56 Å². The summed E-state index contributed by atoms with van der Waals surface area (Å²) in [6.07, 6.45) is -1.20. The Morgan fingerprint density at radius 1 is 1.11 bits per heavy atom. The van der Waals surface area contributed by atoms with Crippen LogP contribution in [0.15, 0.2) is 59.1 Å². The molecule has 0 unspecified atom stereocenters. The summed E-state index contributed by atoms with van der Waals surface area (Å²) in [5, 5.41) is 2.46. The molecule has 0 bridgehead atoms. The standard InChI is InChI=1S/C20H16BrN3O4/c1-11(18(25)24-20(22)27)28-19(26)15-10-17(12-5-3-2-4-6-12)23-16-8-7-13(21)9-14(15)16/h2-11H,1H3,(H3,22,24,25,27)/t11-/m0/s1. The van der Waals surface area contributed by atoms with E-state index in [1.54, 1.807) is 18.2 Å². The van der Waals surface area contributed by atoms with Crippen LogP contribution in [0.3, 0.4) is 0 Å². The number of halogens is 1. The van der Waals surface area contributed by atoms with Gasteiger partial charge < -0.3 is 10.5 Å². The van der Waals surface area contributed by atoms with Crippen LogP contribution in [-0.4, -0.2) is 29.0 Å². The molecule has 1 heterocycles. The number of benzene rings is 2. The van der Waals surface area contributed by atoms with Gasteiger partial charge in [0.15, 0.2) is 6.10 Å². The van der Waals surface area contributed by atoms with E-state index in [2.05, 4.69) is 20.9 Å². The van der Waals surface area contributed by atoms with Crippen LogP contribution >= 0.6 is 15.9 Å². The Labute approximate surface area is 169 Å². The van der Waals surface area contributed by atoms with Gasteiger partial charge in [-0.15, -0.1) is 0 Å². The second-order valence-corrected chi connectivity index (χ2v) is 6.90. The lowest BCUT2D eigenvalue weighted by Gasteiger charge is -2.14. The number of nitrogens with zero attached hydrogens (tertiary/aromatic N) is 1. The van der Waals surface area contributed by atoms with Gasteiger partial charge in [-0.1, -0.05) is 46.3 Å². The van der Waals surface area contributed by atoms with Gasteiger partial charge in [0.25, 0.3) is 5.91 Å². The zero-order chi connectivity index (χ0) is 20.3. The molecule has 0 spiro atoms. The number of fused-ring (bicyclic) bond motifs is 1. The number of imide groups is 1. The Kier molecular flexibility index (Phi) is 5.70. The molecule has 7 nitrogen and oxygen atoms in total. The van der Waals surface area contributed by atoms with Crippen molar-refractivity contribution in [3.8, 4) is 11.3 Å². The van der Waals surface area contributed by atoms with Crippen molar-refractivity contribution in [3.63, 3.8) is 0 Å². The molecule has 28 heavy (non-hydrogen) atoms. The third kappa shape index (κ3) is 4.34. The van der Waals surface area contributed by atoms with Crippen LogP contribution in [-0.2, 0) is 9.53 Å². The monoisotopic (exact) mass is 441 g/mol. The maximum Gasteiger partial charge on any atom is 0.339 e. The van der Waals surface area contributed by atoms with Crippen LogP contribution in [0.25, 0.3) is 22.2 Å². The van der Waals surface area contributed by atoms with Gasteiger partial charge >= 0.3 is 12.0 Å². The van der Waals surface area contributed by atoms with Crippen LogP contribution in [0.2, 0.25) is 0 Å². The first-order chi connectivity index (χ1) is 13.3. The Balaban J connectivity index is 2.02. The molecule has 8 heteroatoms. The van der Waals surface area contributed by atoms with Gasteiger partial charge in [0.05, 0.1) is 16.8 Å². The first kappa shape index (κ1) is 19.5. The van der Waals surface area contributed by atoms with E-state index in [1.165, 1.54) is 6.92 Å². The molecule has 3 amide bonds. The van der Waals surface area contributed by atoms with E-state index in [9.17, 15) is 14.4 Å². The Morgan fingerprint density at radius 2 is 1.82 bits per heavy atom. The van der Waals surface area contributed by atoms with Gasteiger partial charge in [0.1, 0.15) is 0 Å². The average Bonchev–Trinajstić information content (AvgIpc) is 2.67. The highest BCUT2D eigenvalue weighted by atomic mass is 79.9. The molecule has 0 saturated carbocycles. The molecular formula is C20H16BrN3O4. The maximum atomic E-state index is 12.8. The maximum absolute atomic E-state index is 12.8. The normalized spacial score (nSPS) is 11.6. The lowest BCUT2D eigenvalue weighted by Crippen LogP contribution is -2.42. The van der Waals surface area contributed by atoms with Gasteiger partial charge in [-0.05, 0) is 31.2 Å². The molecule has 2 aromatic carbocycles. The van der Waals surface area contributed by atoms with Gasteiger partial charge in [-0.2, -0.15) is 0 Å². The molecule has 0 aliphatic rings. The molecule has 0 radical (unpaired) electrons. The number of carbonyl (C=O) groups is 3. The highest BCUT2D eigenvalue weighted by molar-refractivity contribution is 9.10. The Morgan fingerprint density at radius 3 is 2.50 bits per heavy atom. The fraction of sp³-hybridized carbons (Fsp3) is 0.100. The van der Waals surface area contributed by atoms with Crippen molar-refractivity contribution in [2.24, 2.45) is 5.73 Å². The molecule has 0 saturated heterocycles. The third-order valence-electron chi connectivity index (χ3n) is 3.96. The molecule has 1 aromatic heterocycles. The first-order valence-corrected chi connectivity index (χ1v) is 9.11. The number of rotatable bonds is 4. The minimum atomic E-state index is -1.20. The SMILES string of the molecule is C[C@H](OC(=O)c1cc(-c2ccccc2)nc2ccc(Br)cc12)C(=O)NC(N)=O. The number of urea groups is 1. The van der Waals surface area contributed by atoms with Gasteiger partial charge in [0, 0.05) is 15.4 Å². The number of amides is 3. The number of ether oxygens (including phenoxy) is 1. The zero-order valence-corrected chi connectivity index (χ0v) is 16.4. The summed E-state index contributed by atoms with van der Waals surface area (Å²) in [4.78, 5) is 40.0. The van der Waals surface area contributed by atoms with Gasteiger partial charge in [-0.25, -0.2) is 14.6 Å². The fourth-order valence-electron chi connectivity index (χ4n) is 2.62. The smallest absolute Gasteiger partial charge is 0.339 e. The largest absolute Gasteiger partial charge is 0.449 e. The van der Waals surface area contributed by atoms with Crippen LogP contribution < -0.4 is 11.1 Å².